The molecule has 43 heavy (non-hydrogen) atoms. The maximum atomic E-state index is 6.96. The minimum Gasteiger partial charge on any atom is -0.358 e. The van der Waals surface area contributed by atoms with Gasteiger partial charge in [0.05, 0.1) is 0 Å². The SMILES string of the molecule is [CH3-].[CH3-].[Rh+3].c1ccc([PH+](Oc2ccccc2-c2ccccc2O[PH+](c2ccccc2)c2ccccc2)c2ccccc2)cc1. The van der Waals surface area contributed by atoms with E-state index in [-0.39, 0.29) is 34.3 Å². The van der Waals surface area contributed by atoms with E-state index >= 15 is 0 Å². The summed E-state index contributed by atoms with van der Waals surface area (Å²) in [5.41, 5.74) is 2.05. The zero-order chi connectivity index (χ0) is 27.0. The maximum Gasteiger partial charge on any atom is 3.00 e. The van der Waals surface area contributed by atoms with Crippen LogP contribution in [0.5, 0.6) is 11.5 Å². The fraction of sp³-hybridized carbons (Fsp3) is 0. The zero-order valence-electron chi connectivity index (χ0n) is 24.3. The molecular formula is C38H36O2P2Rh+3. The molecule has 0 heterocycles. The van der Waals surface area contributed by atoms with Crippen LogP contribution in [-0.4, -0.2) is 0 Å². The van der Waals surface area contributed by atoms with Gasteiger partial charge in [0.2, 0.25) is 16.3 Å². The van der Waals surface area contributed by atoms with E-state index in [1.807, 2.05) is 36.4 Å². The van der Waals surface area contributed by atoms with Gasteiger partial charge in [0.25, 0.3) is 0 Å². The third kappa shape index (κ3) is 8.28. The van der Waals surface area contributed by atoms with Crippen molar-refractivity contribution < 1.29 is 28.5 Å². The zero-order valence-corrected chi connectivity index (χ0v) is 28.0. The van der Waals surface area contributed by atoms with Gasteiger partial charge in [-0.15, -0.1) is 0 Å². The maximum absolute atomic E-state index is 6.96. The Morgan fingerprint density at radius 2 is 0.535 bits per heavy atom. The van der Waals surface area contributed by atoms with Crippen molar-refractivity contribution in [2.75, 3.05) is 0 Å². The van der Waals surface area contributed by atoms with Gasteiger partial charge in [0.1, 0.15) is 21.2 Å². The average Bonchev–Trinajstić information content (AvgIpc) is 3.04. The molecule has 216 valence electrons. The summed E-state index contributed by atoms with van der Waals surface area (Å²) in [5, 5.41) is 4.82. The van der Waals surface area contributed by atoms with E-state index in [1.165, 1.54) is 21.2 Å². The van der Waals surface area contributed by atoms with E-state index in [9.17, 15) is 0 Å². The Kier molecular flexibility index (Phi) is 13.3. The van der Waals surface area contributed by atoms with Gasteiger partial charge in [-0.05, 0) is 60.7 Å². The van der Waals surface area contributed by atoms with Crippen molar-refractivity contribution in [3.8, 4) is 22.6 Å². The smallest absolute Gasteiger partial charge is 0.358 e. The summed E-state index contributed by atoms with van der Waals surface area (Å²) >= 11 is 0. The number of rotatable bonds is 9. The Morgan fingerprint density at radius 1 is 0.302 bits per heavy atom. The summed E-state index contributed by atoms with van der Waals surface area (Å²) in [6.07, 6.45) is 0. The second kappa shape index (κ2) is 16.9. The van der Waals surface area contributed by atoms with Crippen molar-refractivity contribution in [1.82, 2.24) is 0 Å². The molecule has 0 unspecified atom stereocenters. The van der Waals surface area contributed by atoms with E-state index in [0.29, 0.717) is 0 Å². The molecule has 0 spiro atoms. The van der Waals surface area contributed by atoms with Crippen LogP contribution in [0.2, 0.25) is 0 Å². The third-order valence-corrected chi connectivity index (χ3v) is 10.9. The molecule has 0 fully saturated rings. The summed E-state index contributed by atoms with van der Waals surface area (Å²) in [7, 11) is -3.07. The molecule has 0 N–H and O–H groups in total. The largest absolute Gasteiger partial charge is 3.00 e. The van der Waals surface area contributed by atoms with Gasteiger partial charge in [-0.3, -0.25) is 0 Å². The first-order chi connectivity index (χ1) is 19.9. The Morgan fingerprint density at radius 3 is 0.814 bits per heavy atom. The predicted molar refractivity (Wildman–Crippen MR) is 187 cm³/mol. The number of benzene rings is 6. The van der Waals surface area contributed by atoms with Gasteiger partial charge in [-0.2, -0.15) is 0 Å². The normalized spacial score (nSPS) is 10.2. The van der Waals surface area contributed by atoms with Crippen molar-refractivity contribution in [3.63, 3.8) is 0 Å². The first-order valence-corrected chi connectivity index (χ1v) is 16.2. The molecular weight excluding hydrogens is 653 g/mol. The van der Waals surface area contributed by atoms with Crippen molar-refractivity contribution in [1.29, 1.82) is 0 Å². The van der Waals surface area contributed by atoms with E-state index in [0.717, 1.165) is 22.6 Å². The van der Waals surface area contributed by atoms with Crippen molar-refractivity contribution in [3.05, 3.63) is 185 Å². The summed E-state index contributed by atoms with van der Waals surface area (Å²) in [5.74, 6) is 1.71. The Bertz CT molecular complexity index is 1440. The molecule has 0 bridgehead atoms. The first kappa shape index (κ1) is 33.9. The molecule has 0 radical (unpaired) electrons. The van der Waals surface area contributed by atoms with Crippen LogP contribution in [0.15, 0.2) is 170 Å². The fourth-order valence-electron chi connectivity index (χ4n) is 4.70. The van der Waals surface area contributed by atoms with Crippen molar-refractivity contribution in [2.24, 2.45) is 0 Å². The number of para-hydroxylation sites is 2. The van der Waals surface area contributed by atoms with Crippen LogP contribution in [0, 0.1) is 14.9 Å². The quantitative estimate of drug-likeness (QED) is 0.0861. The Labute approximate surface area is 272 Å². The van der Waals surface area contributed by atoms with E-state index in [2.05, 4.69) is 133 Å². The van der Waals surface area contributed by atoms with Crippen molar-refractivity contribution >= 4 is 37.5 Å². The summed E-state index contributed by atoms with van der Waals surface area (Å²) in [6.45, 7) is 0. The average molecular weight is 690 g/mol. The Hall–Kier alpha value is -3.60. The third-order valence-electron chi connectivity index (χ3n) is 6.63. The summed E-state index contributed by atoms with van der Waals surface area (Å²) in [4.78, 5) is 0. The molecule has 0 aliphatic carbocycles. The van der Waals surface area contributed by atoms with Crippen LogP contribution >= 0.6 is 16.3 Å². The van der Waals surface area contributed by atoms with Gasteiger partial charge >= 0.3 is 19.5 Å². The molecule has 0 amide bonds. The van der Waals surface area contributed by atoms with E-state index < -0.39 is 16.3 Å². The fourth-order valence-corrected chi connectivity index (χ4v) is 8.62. The molecule has 6 aromatic rings. The van der Waals surface area contributed by atoms with Crippen LogP contribution in [0.4, 0.5) is 0 Å². The molecule has 0 aliphatic heterocycles. The van der Waals surface area contributed by atoms with Crippen LogP contribution in [0.25, 0.3) is 11.1 Å². The van der Waals surface area contributed by atoms with E-state index in [4.69, 9.17) is 9.05 Å². The second-order valence-corrected chi connectivity index (χ2v) is 13.4. The second-order valence-electron chi connectivity index (χ2n) is 9.32. The molecule has 6 rings (SSSR count). The molecule has 0 aliphatic rings. The van der Waals surface area contributed by atoms with Gasteiger partial charge in [-0.25, -0.2) is 0 Å². The molecule has 6 aromatic carbocycles. The van der Waals surface area contributed by atoms with E-state index in [1.54, 1.807) is 0 Å². The van der Waals surface area contributed by atoms with Gasteiger partial charge in [-0.1, -0.05) is 109 Å². The summed E-state index contributed by atoms with van der Waals surface area (Å²) < 4.78 is 13.9. The molecule has 5 heteroatoms. The molecule has 0 saturated carbocycles. The first-order valence-electron chi connectivity index (χ1n) is 13.4. The Balaban J connectivity index is 0.00000169. The minimum absolute atomic E-state index is 0. The topological polar surface area (TPSA) is 18.5 Å². The predicted octanol–water partition coefficient (Wildman–Crippen LogP) is 8.57. The van der Waals surface area contributed by atoms with Crippen LogP contribution in [0.3, 0.4) is 0 Å². The monoisotopic (exact) mass is 689 g/mol. The minimum atomic E-state index is -1.54. The molecule has 0 atom stereocenters. The molecule has 0 saturated heterocycles. The molecule has 0 aromatic heterocycles. The van der Waals surface area contributed by atoms with Crippen LogP contribution in [-0.2, 0) is 19.5 Å². The van der Waals surface area contributed by atoms with Crippen molar-refractivity contribution in [2.45, 2.75) is 0 Å². The number of hydrogen-bond donors (Lipinski definition) is 0. The van der Waals surface area contributed by atoms with Crippen LogP contribution < -0.4 is 30.3 Å². The summed E-state index contributed by atoms with van der Waals surface area (Å²) in [6, 6.07) is 58.8. The number of hydrogen-bond acceptors (Lipinski definition) is 2. The standard InChI is InChI=1S/C36H28O2P2.2CH3.Rh/c1-5-17-29(18-6-1)39(30-19-7-2-8-20-30)37-35-27-15-13-25-33(35)34-26-14-16-28-36(34)38-40(31-21-9-3-10-22-31)32-23-11-4-12-24-32;;;/h1-28H;2*1H3;/q;2*-1;+3/p+2. The van der Waals surface area contributed by atoms with Gasteiger partial charge in [0, 0.05) is 11.1 Å². The van der Waals surface area contributed by atoms with Gasteiger partial charge in [0.15, 0.2) is 11.5 Å². The molecule has 2 nitrogen and oxygen atoms in total. The van der Waals surface area contributed by atoms with Crippen LogP contribution in [0.1, 0.15) is 0 Å². The van der Waals surface area contributed by atoms with Gasteiger partial charge < -0.3 is 23.9 Å².